The molecule has 1 aromatic heterocycles. The Morgan fingerprint density at radius 1 is 1.06 bits per heavy atom. The molecular formula is C25H28N4O4. The zero-order valence-corrected chi connectivity index (χ0v) is 18.8. The minimum absolute atomic E-state index is 0.0860. The van der Waals surface area contributed by atoms with Crippen LogP contribution in [0.3, 0.4) is 0 Å². The van der Waals surface area contributed by atoms with Gasteiger partial charge in [0, 0.05) is 46.1 Å². The second-order valence-corrected chi connectivity index (χ2v) is 8.56. The molecule has 0 N–H and O–H groups in total. The number of aromatic nitrogens is 2. The summed E-state index contributed by atoms with van der Waals surface area (Å²) in [6.45, 7) is 3.81. The van der Waals surface area contributed by atoms with Crippen LogP contribution in [0.2, 0.25) is 0 Å². The molecule has 8 heteroatoms. The van der Waals surface area contributed by atoms with Gasteiger partial charge in [-0.2, -0.15) is 0 Å². The van der Waals surface area contributed by atoms with Gasteiger partial charge in [-0.25, -0.2) is 0 Å². The van der Waals surface area contributed by atoms with Crippen LogP contribution in [0.15, 0.2) is 46.9 Å². The van der Waals surface area contributed by atoms with Crippen LogP contribution in [0.25, 0.3) is 0 Å². The third-order valence-corrected chi connectivity index (χ3v) is 6.24. The van der Waals surface area contributed by atoms with Gasteiger partial charge in [0.15, 0.2) is 11.5 Å². The minimum Gasteiger partial charge on any atom is -0.454 e. The summed E-state index contributed by atoms with van der Waals surface area (Å²) in [5.41, 5.74) is 3.84. The number of ether oxygens (including phenoxy) is 2. The first-order chi connectivity index (χ1) is 16.1. The molecule has 0 saturated heterocycles. The molecule has 5 rings (SSSR count). The first-order valence-electron chi connectivity index (χ1n) is 11.4. The van der Waals surface area contributed by atoms with Crippen LogP contribution < -0.4 is 9.47 Å². The lowest BCUT2D eigenvalue weighted by molar-refractivity contribution is -0.130. The molecule has 0 aliphatic carbocycles. The van der Waals surface area contributed by atoms with Gasteiger partial charge in [-0.1, -0.05) is 30.3 Å². The lowest BCUT2D eigenvalue weighted by Gasteiger charge is -2.30. The standard InChI is InChI=1S/C25H28N4O4/c1-28(12-13-29-11-10-19-4-2-3-5-20(19)16-29)25(30)9-8-23-26-27-24(33-23)15-18-6-7-21-22(14-18)32-17-31-21/h2-7,14H,8-13,15-17H2,1H3. The Morgan fingerprint density at radius 3 is 2.79 bits per heavy atom. The second kappa shape index (κ2) is 9.62. The first-order valence-corrected chi connectivity index (χ1v) is 11.4. The lowest BCUT2D eigenvalue weighted by Crippen LogP contribution is -2.38. The number of rotatable bonds is 8. The number of carbonyl (C=O) groups is 1. The molecule has 2 aromatic carbocycles. The summed E-state index contributed by atoms with van der Waals surface area (Å²) in [6, 6.07) is 14.4. The number of amides is 1. The van der Waals surface area contributed by atoms with Crippen molar-refractivity contribution in [2.45, 2.75) is 32.2 Å². The van der Waals surface area contributed by atoms with E-state index in [1.165, 1.54) is 11.1 Å². The van der Waals surface area contributed by atoms with E-state index in [4.69, 9.17) is 13.9 Å². The Labute approximate surface area is 193 Å². The van der Waals surface area contributed by atoms with E-state index in [-0.39, 0.29) is 12.7 Å². The molecule has 2 aliphatic heterocycles. The molecule has 0 fully saturated rings. The summed E-state index contributed by atoms with van der Waals surface area (Å²) in [5, 5.41) is 8.23. The van der Waals surface area contributed by atoms with E-state index in [2.05, 4.69) is 39.4 Å². The summed E-state index contributed by atoms with van der Waals surface area (Å²) in [5.74, 6) is 2.57. The number of hydrogen-bond donors (Lipinski definition) is 0. The van der Waals surface area contributed by atoms with Crippen molar-refractivity contribution in [3.63, 3.8) is 0 Å². The quantitative estimate of drug-likeness (QED) is 0.524. The number of fused-ring (bicyclic) bond motifs is 2. The van der Waals surface area contributed by atoms with Crippen LogP contribution in [-0.2, 0) is 30.6 Å². The predicted octanol–water partition coefficient (Wildman–Crippen LogP) is 2.84. The minimum atomic E-state index is 0.0860. The Balaban J connectivity index is 1.06. The highest BCUT2D eigenvalue weighted by atomic mass is 16.7. The fraction of sp³-hybridized carbons (Fsp3) is 0.400. The number of likely N-dealkylation sites (N-methyl/N-ethyl adjacent to an activating group) is 1. The smallest absolute Gasteiger partial charge is 0.231 e. The molecule has 33 heavy (non-hydrogen) atoms. The summed E-state index contributed by atoms with van der Waals surface area (Å²) in [4.78, 5) is 16.8. The zero-order chi connectivity index (χ0) is 22.6. The van der Waals surface area contributed by atoms with E-state index in [0.29, 0.717) is 37.6 Å². The maximum Gasteiger partial charge on any atom is 0.231 e. The lowest BCUT2D eigenvalue weighted by atomic mass is 10.00. The molecule has 2 aliphatic rings. The molecular weight excluding hydrogens is 420 g/mol. The van der Waals surface area contributed by atoms with Crippen molar-refractivity contribution >= 4 is 5.91 Å². The van der Waals surface area contributed by atoms with Gasteiger partial charge in [0.05, 0.1) is 6.42 Å². The molecule has 3 aromatic rings. The SMILES string of the molecule is CN(CCN1CCc2ccccc2C1)C(=O)CCc1nnc(Cc2ccc3c(c2)OCO3)o1. The Kier molecular flexibility index (Phi) is 6.26. The molecule has 0 spiro atoms. The van der Waals surface area contributed by atoms with Crippen molar-refractivity contribution < 1.29 is 18.7 Å². The summed E-state index contributed by atoms with van der Waals surface area (Å²) in [7, 11) is 1.86. The largest absolute Gasteiger partial charge is 0.454 e. The highest BCUT2D eigenvalue weighted by Gasteiger charge is 2.18. The van der Waals surface area contributed by atoms with E-state index in [9.17, 15) is 4.79 Å². The van der Waals surface area contributed by atoms with Crippen LogP contribution >= 0.6 is 0 Å². The fourth-order valence-corrected chi connectivity index (χ4v) is 4.25. The van der Waals surface area contributed by atoms with E-state index in [1.807, 2.05) is 25.2 Å². The summed E-state index contributed by atoms with van der Waals surface area (Å²) >= 11 is 0. The molecule has 8 nitrogen and oxygen atoms in total. The Hall–Kier alpha value is -3.39. The van der Waals surface area contributed by atoms with Crippen LogP contribution in [0.1, 0.15) is 34.9 Å². The highest BCUT2D eigenvalue weighted by Crippen LogP contribution is 2.33. The van der Waals surface area contributed by atoms with Gasteiger partial charge < -0.3 is 18.8 Å². The highest BCUT2D eigenvalue weighted by molar-refractivity contribution is 5.76. The third kappa shape index (κ3) is 5.17. The van der Waals surface area contributed by atoms with Gasteiger partial charge in [0.1, 0.15) is 0 Å². The maximum atomic E-state index is 12.6. The van der Waals surface area contributed by atoms with Crippen LogP contribution in [0, 0.1) is 0 Å². The number of carbonyl (C=O) groups excluding carboxylic acids is 1. The first kappa shape index (κ1) is 21.5. The van der Waals surface area contributed by atoms with E-state index in [0.717, 1.165) is 43.1 Å². The molecule has 3 heterocycles. The number of nitrogens with zero attached hydrogens (tertiary/aromatic N) is 4. The Bertz CT molecular complexity index is 1130. The van der Waals surface area contributed by atoms with Crippen LogP contribution in [-0.4, -0.2) is 59.4 Å². The van der Waals surface area contributed by atoms with Crippen LogP contribution in [0.4, 0.5) is 0 Å². The summed E-state index contributed by atoms with van der Waals surface area (Å²) in [6.07, 6.45) is 2.37. The normalized spacial score (nSPS) is 14.8. The average molecular weight is 449 g/mol. The van der Waals surface area contributed by atoms with Gasteiger partial charge in [0.2, 0.25) is 24.5 Å². The van der Waals surface area contributed by atoms with Gasteiger partial charge in [-0.05, 0) is 35.2 Å². The zero-order valence-electron chi connectivity index (χ0n) is 18.8. The molecule has 1 amide bonds. The Morgan fingerprint density at radius 2 is 1.88 bits per heavy atom. The molecule has 0 saturated carbocycles. The average Bonchev–Trinajstić information content (AvgIpc) is 3.50. The van der Waals surface area contributed by atoms with Crippen LogP contribution in [0.5, 0.6) is 11.5 Å². The molecule has 0 atom stereocenters. The van der Waals surface area contributed by atoms with Gasteiger partial charge in [-0.15, -0.1) is 10.2 Å². The predicted molar refractivity (Wildman–Crippen MR) is 121 cm³/mol. The fourth-order valence-electron chi connectivity index (χ4n) is 4.25. The van der Waals surface area contributed by atoms with E-state index >= 15 is 0 Å². The molecule has 172 valence electrons. The number of hydrogen-bond acceptors (Lipinski definition) is 7. The topological polar surface area (TPSA) is 80.9 Å². The monoisotopic (exact) mass is 448 g/mol. The maximum absolute atomic E-state index is 12.6. The molecule has 0 radical (unpaired) electrons. The van der Waals surface area contributed by atoms with Gasteiger partial charge >= 0.3 is 0 Å². The summed E-state index contributed by atoms with van der Waals surface area (Å²) < 4.78 is 16.5. The van der Waals surface area contributed by atoms with Crippen molar-refractivity contribution in [3.8, 4) is 11.5 Å². The third-order valence-electron chi connectivity index (χ3n) is 6.24. The van der Waals surface area contributed by atoms with E-state index < -0.39 is 0 Å². The van der Waals surface area contributed by atoms with Crippen molar-refractivity contribution in [2.24, 2.45) is 0 Å². The van der Waals surface area contributed by atoms with Crippen molar-refractivity contribution in [2.75, 3.05) is 33.5 Å². The van der Waals surface area contributed by atoms with Crippen molar-refractivity contribution in [3.05, 3.63) is 70.9 Å². The van der Waals surface area contributed by atoms with Crippen molar-refractivity contribution in [1.29, 1.82) is 0 Å². The molecule has 0 bridgehead atoms. The van der Waals surface area contributed by atoms with Gasteiger partial charge in [-0.3, -0.25) is 9.69 Å². The molecule has 0 unspecified atom stereocenters. The van der Waals surface area contributed by atoms with Crippen molar-refractivity contribution in [1.82, 2.24) is 20.0 Å². The second-order valence-electron chi connectivity index (χ2n) is 8.56. The number of benzene rings is 2. The van der Waals surface area contributed by atoms with Gasteiger partial charge in [0.25, 0.3) is 0 Å². The number of aryl methyl sites for hydroxylation is 1. The van der Waals surface area contributed by atoms with E-state index in [1.54, 1.807) is 4.90 Å².